The van der Waals surface area contributed by atoms with Crippen LogP contribution >= 0.6 is 0 Å². The van der Waals surface area contributed by atoms with Crippen molar-refractivity contribution in [2.75, 3.05) is 19.1 Å². The molecule has 2 bridgehead atoms. The van der Waals surface area contributed by atoms with Crippen LogP contribution in [0.2, 0.25) is 0 Å². The van der Waals surface area contributed by atoms with E-state index in [9.17, 15) is 13.2 Å². The van der Waals surface area contributed by atoms with Crippen molar-refractivity contribution in [1.29, 1.82) is 0 Å². The predicted molar refractivity (Wildman–Crippen MR) is 145 cm³/mol. The van der Waals surface area contributed by atoms with E-state index in [1.165, 1.54) is 4.52 Å². The second-order valence-electron chi connectivity index (χ2n) is 10.3. The molecule has 1 unspecified atom stereocenters. The van der Waals surface area contributed by atoms with Gasteiger partial charge in [0.15, 0.2) is 15.5 Å². The van der Waals surface area contributed by atoms with Gasteiger partial charge in [-0.1, -0.05) is 36.4 Å². The Morgan fingerprint density at radius 3 is 2.54 bits per heavy atom. The summed E-state index contributed by atoms with van der Waals surface area (Å²) in [6.07, 6.45) is 6.64. The molecular formula is C27H29N7O4S. The number of pyridine rings is 1. The van der Waals surface area contributed by atoms with Crippen LogP contribution in [0, 0.1) is 0 Å². The maximum absolute atomic E-state index is 13.0. The lowest BCUT2D eigenvalue weighted by Gasteiger charge is -2.45. The third-order valence-electron chi connectivity index (χ3n) is 7.98. The molecule has 3 atom stereocenters. The minimum atomic E-state index is -3.77. The molecule has 0 spiro atoms. The standard InChI is InChI=1S/C27H29N7O4S/c1-38-27-11-10-19(33(27)26(29)35)12-18(13-27)22-23(39(2,36)37)24(28)34-25(32-22)20(15-31-34)17-8-9-21(30-14-17)16-6-4-3-5-7-16/h3-9,14-15,18-19H,10-13,28H2,1-2H3,(H2,29,35)/t18-,19-,27?/m0/s1. The number of rotatable bonds is 5. The first-order valence-electron chi connectivity index (χ1n) is 12.7. The normalized spacial score (nSPS) is 22.9. The SMILES string of the molecule is COC12CC[C@@H](C[C@H](c3nc4c(-c5ccc(-c6ccccc6)nc5)cnn4c(N)c3S(C)(=O)=O)C1)N2C(N)=O. The zero-order valence-corrected chi connectivity index (χ0v) is 22.4. The van der Waals surface area contributed by atoms with Gasteiger partial charge in [-0.3, -0.25) is 9.88 Å². The highest BCUT2D eigenvalue weighted by Gasteiger charge is 2.55. The van der Waals surface area contributed by atoms with E-state index in [1.807, 2.05) is 42.5 Å². The summed E-state index contributed by atoms with van der Waals surface area (Å²) in [5, 5.41) is 4.39. The lowest BCUT2D eigenvalue weighted by molar-refractivity contribution is -0.123. The molecule has 2 fully saturated rings. The number of piperidine rings is 1. The van der Waals surface area contributed by atoms with Gasteiger partial charge in [0.05, 0.1) is 17.6 Å². The average molecular weight is 548 g/mol. The van der Waals surface area contributed by atoms with Gasteiger partial charge in [0, 0.05) is 54.6 Å². The number of anilines is 1. The number of nitrogen functional groups attached to an aromatic ring is 1. The molecule has 1 aromatic carbocycles. The Morgan fingerprint density at radius 1 is 1.13 bits per heavy atom. The molecule has 2 amide bonds. The number of fused-ring (bicyclic) bond motifs is 3. The van der Waals surface area contributed by atoms with E-state index < -0.39 is 21.6 Å². The molecular weight excluding hydrogens is 518 g/mol. The minimum absolute atomic E-state index is 0.00578. The largest absolute Gasteiger partial charge is 0.382 e. The highest BCUT2D eigenvalue weighted by Crippen LogP contribution is 2.51. The van der Waals surface area contributed by atoms with E-state index >= 15 is 0 Å². The lowest BCUT2D eigenvalue weighted by atomic mass is 9.86. The molecule has 0 saturated carbocycles. The zero-order valence-electron chi connectivity index (χ0n) is 21.6. The van der Waals surface area contributed by atoms with Gasteiger partial charge in [-0.2, -0.15) is 9.61 Å². The van der Waals surface area contributed by atoms with Crippen molar-refractivity contribution in [1.82, 2.24) is 24.5 Å². The molecule has 0 aliphatic carbocycles. The van der Waals surface area contributed by atoms with Crippen LogP contribution in [0.15, 0.2) is 59.8 Å². The summed E-state index contributed by atoms with van der Waals surface area (Å²) in [5.41, 5.74) is 15.3. The maximum Gasteiger partial charge on any atom is 0.317 e. The third kappa shape index (κ3) is 4.02. The van der Waals surface area contributed by atoms with Crippen LogP contribution in [0.1, 0.15) is 37.3 Å². The van der Waals surface area contributed by atoms with Gasteiger partial charge in [0.1, 0.15) is 16.4 Å². The molecule has 2 aliphatic rings. The van der Waals surface area contributed by atoms with Crippen LogP contribution in [0.25, 0.3) is 28.0 Å². The maximum atomic E-state index is 13.0. The number of carbonyl (C=O) groups excluding carboxylic acids is 1. The minimum Gasteiger partial charge on any atom is -0.382 e. The predicted octanol–water partition coefficient (Wildman–Crippen LogP) is 3.21. The Balaban J connectivity index is 1.48. The highest BCUT2D eigenvalue weighted by molar-refractivity contribution is 7.91. The fourth-order valence-corrected chi connectivity index (χ4v) is 7.34. The summed E-state index contributed by atoms with van der Waals surface area (Å²) in [7, 11) is -2.23. The van der Waals surface area contributed by atoms with Gasteiger partial charge in [-0.15, -0.1) is 0 Å². The van der Waals surface area contributed by atoms with Gasteiger partial charge in [0.2, 0.25) is 0 Å². The smallest absolute Gasteiger partial charge is 0.317 e. The number of hydrogen-bond donors (Lipinski definition) is 2. The number of nitrogens with zero attached hydrogens (tertiary/aromatic N) is 5. The molecule has 2 saturated heterocycles. The second-order valence-corrected chi connectivity index (χ2v) is 12.2. The van der Waals surface area contributed by atoms with Crippen molar-refractivity contribution in [3.05, 3.63) is 60.6 Å². The number of nitrogens with two attached hydrogens (primary N) is 2. The Morgan fingerprint density at radius 2 is 1.90 bits per heavy atom. The summed E-state index contributed by atoms with van der Waals surface area (Å²) in [6, 6.07) is 13.0. The lowest BCUT2D eigenvalue weighted by Crippen LogP contribution is -2.57. The Labute approximate surface area is 225 Å². The average Bonchev–Trinajstić information content (AvgIpc) is 3.45. The van der Waals surface area contributed by atoms with Crippen molar-refractivity contribution < 1.29 is 17.9 Å². The second kappa shape index (κ2) is 9.02. The number of urea groups is 1. The summed E-state index contributed by atoms with van der Waals surface area (Å²) in [5.74, 6) is -0.333. The van der Waals surface area contributed by atoms with E-state index in [4.69, 9.17) is 21.2 Å². The van der Waals surface area contributed by atoms with E-state index in [0.29, 0.717) is 42.6 Å². The van der Waals surface area contributed by atoms with E-state index in [-0.39, 0.29) is 22.7 Å². The topological polar surface area (TPSA) is 159 Å². The van der Waals surface area contributed by atoms with Gasteiger partial charge in [-0.25, -0.2) is 18.2 Å². The number of primary amides is 1. The molecule has 6 rings (SSSR count). The molecule has 3 aromatic heterocycles. The molecule has 11 nitrogen and oxygen atoms in total. The Kier molecular flexibility index (Phi) is 5.84. The zero-order chi connectivity index (χ0) is 27.5. The number of benzene rings is 1. The fraction of sp³-hybridized carbons (Fsp3) is 0.333. The first-order valence-corrected chi connectivity index (χ1v) is 14.5. The number of ether oxygens (including phenoxy) is 1. The summed E-state index contributed by atoms with van der Waals surface area (Å²) >= 11 is 0. The van der Waals surface area contributed by atoms with Crippen LogP contribution in [0.5, 0.6) is 0 Å². The molecule has 12 heteroatoms. The van der Waals surface area contributed by atoms with Gasteiger partial charge < -0.3 is 16.2 Å². The number of sulfone groups is 1. The number of aromatic nitrogens is 4. The molecule has 4 N–H and O–H groups in total. The van der Waals surface area contributed by atoms with Crippen molar-refractivity contribution in [2.45, 2.75) is 48.3 Å². The third-order valence-corrected chi connectivity index (χ3v) is 9.14. The Bertz CT molecular complexity index is 1690. The fourth-order valence-electron chi connectivity index (χ4n) is 6.28. The molecule has 5 heterocycles. The first kappa shape index (κ1) is 25.3. The van der Waals surface area contributed by atoms with Crippen molar-refractivity contribution in [3.8, 4) is 22.4 Å². The summed E-state index contributed by atoms with van der Waals surface area (Å²) < 4.78 is 33.3. The Hall–Kier alpha value is -4.03. The number of amides is 2. The van der Waals surface area contributed by atoms with Crippen molar-refractivity contribution in [2.24, 2.45) is 5.73 Å². The molecule has 202 valence electrons. The van der Waals surface area contributed by atoms with Gasteiger partial charge in [-0.05, 0) is 25.3 Å². The molecule has 0 radical (unpaired) electrons. The van der Waals surface area contributed by atoms with E-state index in [1.54, 1.807) is 24.4 Å². The van der Waals surface area contributed by atoms with E-state index in [2.05, 4.69) is 10.1 Å². The van der Waals surface area contributed by atoms with Gasteiger partial charge >= 0.3 is 6.03 Å². The first-order chi connectivity index (χ1) is 18.6. The molecule has 2 aliphatic heterocycles. The number of carbonyl (C=O) groups is 1. The van der Waals surface area contributed by atoms with Crippen molar-refractivity contribution >= 4 is 27.3 Å². The van der Waals surface area contributed by atoms with Gasteiger partial charge in [0.25, 0.3) is 0 Å². The molecule has 39 heavy (non-hydrogen) atoms. The van der Waals surface area contributed by atoms with Crippen LogP contribution in [0.3, 0.4) is 0 Å². The number of hydrogen-bond acceptors (Lipinski definition) is 8. The summed E-state index contributed by atoms with van der Waals surface area (Å²) in [4.78, 5) is 23.3. The quantitative estimate of drug-likeness (QED) is 0.385. The van der Waals surface area contributed by atoms with Crippen LogP contribution in [0.4, 0.5) is 10.6 Å². The highest BCUT2D eigenvalue weighted by atomic mass is 32.2. The van der Waals surface area contributed by atoms with Crippen LogP contribution < -0.4 is 11.5 Å². The van der Waals surface area contributed by atoms with Crippen LogP contribution in [-0.2, 0) is 14.6 Å². The van der Waals surface area contributed by atoms with Crippen molar-refractivity contribution in [3.63, 3.8) is 0 Å². The summed E-state index contributed by atoms with van der Waals surface area (Å²) in [6.45, 7) is 0. The van der Waals surface area contributed by atoms with Crippen LogP contribution in [-0.4, -0.2) is 64.1 Å². The monoisotopic (exact) mass is 547 g/mol. The number of methoxy groups -OCH3 is 1. The molecule has 4 aromatic rings. The van der Waals surface area contributed by atoms with E-state index in [0.717, 1.165) is 23.1 Å².